The first-order valence-corrected chi connectivity index (χ1v) is 3.06. The minimum absolute atomic E-state index is 0.0855. The van der Waals surface area contributed by atoms with Gasteiger partial charge in [-0.1, -0.05) is 0 Å². The fourth-order valence-corrected chi connectivity index (χ4v) is 0.376. The van der Waals surface area contributed by atoms with Gasteiger partial charge in [0.15, 0.2) is 0 Å². The van der Waals surface area contributed by atoms with E-state index in [0.29, 0.717) is 0 Å². The summed E-state index contributed by atoms with van der Waals surface area (Å²) in [6.07, 6.45) is 2.68. The van der Waals surface area contributed by atoms with Crippen molar-refractivity contribution in [1.82, 2.24) is 0 Å². The van der Waals surface area contributed by atoms with Crippen molar-refractivity contribution in [2.75, 3.05) is 6.61 Å². The van der Waals surface area contributed by atoms with E-state index < -0.39 is 8.25 Å². The lowest BCUT2D eigenvalue weighted by molar-refractivity contribution is 0.312. The second-order valence-corrected chi connectivity index (χ2v) is 1.70. The van der Waals surface area contributed by atoms with Gasteiger partial charge in [0.1, 0.15) is 6.61 Å². The largest absolute Gasteiger partial charge is 0.695 e. The van der Waals surface area contributed by atoms with E-state index >= 15 is 0 Å². The Bertz CT molecular complexity index is 103. The monoisotopic (exact) mass is 136 g/mol. The van der Waals surface area contributed by atoms with Gasteiger partial charge in [-0.25, -0.2) is 0 Å². The molecule has 0 aromatic carbocycles. The highest BCUT2D eigenvalue weighted by molar-refractivity contribution is 7.32. The summed E-state index contributed by atoms with van der Waals surface area (Å²) in [6, 6.07) is 0. The zero-order valence-electron chi connectivity index (χ0n) is 4.15. The fraction of sp³-hybridized carbons (Fsp3) is 0.333. The van der Waals surface area contributed by atoms with Crippen LogP contribution in [0.2, 0.25) is 0 Å². The first-order valence-electron chi connectivity index (χ1n) is 1.93. The summed E-state index contributed by atoms with van der Waals surface area (Å²) >= 11 is 0. The molecule has 0 amide bonds. The maximum absolute atomic E-state index is 9.73. The zero-order chi connectivity index (χ0) is 6.41. The van der Waals surface area contributed by atoms with Crippen molar-refractivity contribution in [3.05, 3.63) is 12.3 Å². The predicted molar refractivity (Wildman–Crippen MR) is 29.1 cm³/mol. The molecule has 0 fully saturated rings. The van der Waals surface area contributed by atoms with E-state index in [9.17, 15) is 4.57 Å². The van der Waals surface area contributed by atoms with E-state index in [1.165, 1.54) is 12.3 Å². The van der Waals surface area contributed by atoms with Crippen LogP contribution in [0.5, 0.6) is 0 Å². The van der Waals surface area contributed by atoms with Gasteiger partial charge in [-0.05, 0) is 12.3 Å². The summed E-state index contributed by atoms with van der Waals surface area (Å²) in [5.41, 5.74) is 4.88. The summed E-state index contributed by atoms with van der Waals surface area (Å²) < 4.78 is 13.9. The third-order valence-electron chi connectivity index (χ3n) is 0.417. The van der Waals surface area contributed by atoms with E-state index in [2.05, 4.69) is 4.52 Å². The van der Waals surface area contributed by atoms with Crippen LogP contribution in [0.15, 0.2) is 12.3 Å². The number of rotatable bonds is 3. The second kappa shape index (κ2) is 4.71. The Morgan fingerprint density at radius 2 is 2.50 bits per heavy atom. The van der Waals surface area contributed by atoms with Crippen LogP contribution >= 0.6 is 8.25 Å². The quantitative estimate of drug-likeness (QED) is 0.540. The van der Waals surface area contributed by atoms with Crippen molar-refractivity contribution >= 4 is 8.25 Å². The fourth-order valence-electron chi connectivity index (χ4n) is 0.162. The lowest BCUT2D eigenvalue weighted by Gasteiger charge is -1.74. The Morgan fingerprint density at radius 1 is 1.88 bits per heavy atom. The molecular weight excluding hydrogens is 129 g/mol. The molecule has 4 nitrogen and oxygen atoms in total. The van der Waals surface area contributed by atoms with Gasteiger partial charge in [-0.3, -0.25) is 0 Å². The molecule has 8 heavy (non-hydrogen) atoms. The Balaban J connectivity index is 3.05. The lowest BCUT2D eigenvalue weighted by Crippen LogP contribution is -1.82. The molecule has 0 aliphatic rings. The summed E-state index contributed by atoms with van der Waals surface area (Å²) in [4.78, 5) is 7.99. The lowest BCUT2D eigenvalue weighted by atomic mass is 10.7. The topological polar surface area (TPSA) is 72.5 Å². The molecule has 1 unspecified atom stereocenters. The highest BCUT2D eigenvalue weighted by Gasteiger charge is 2.07. The normalized spacial score (nSPS) is 12.4. The molecule has 0 radical (unpaired) electrons. The predicted octanol–water partition coefficient (Wildman–Crippen LogP) is 0.125. The van der Waals surface area contributed by atoms with Crippen molar-refractivity contribution in [1.29, 1.82) is 0 Å². The zero-order valence-corrected chi connectivity index (χ0v) is 5.04. The molecule has 0 spiro atoms. The summed E-state index contributed by atoms with van der Waals surface area (Å²) in [6.45, 7) is 0.0855. The van der Waals surface area contributed by atoms with Gasteiger partial charge in [0.2, 0.25) is 0 Å². The molecule has 0 saturated carbocycles. The van der Waals surface area contributed by atoms with Gasteiger partial charge in [0, 0.05) is 4.57 Å². The Kier molecular flexibility index (Phi) is 4.45. The van der Waals surface area contributed by atoms with Gasteiger partial charge >= 0.3 is 8.25 Å². The highest BCUT2D eigenvalue weighted by atomic mass is 31.1. The molecule has 0 saturated heterocycles. The Hall–Kier alpha value is -0.440. The highest BCUT2D eigenvalue weighted by Crippen LogP contribution is 2.12. The molecule has 0 aromatic heterocycles. The maximum Gasteiger partial charge on any atom is 0.695 e. The number of nitrogens with two attached hydrogens (primary N) is 1. The van der Waals surface area contributed by atoms with Crippen molar-refractivity contribution in [3.8, 4) is 0 Å². The van der Waals surface area contributed by atoms with E-state index in [4.69, 9.17) is 10.6 Å². The van der Waals surface area contributed by atoms with Gasteiger partial charge in [0.25, 0.3) is 0 Å². The first kappa shape index (κ1) is 7.56. The average Bonchev–Trinajstić information content (AvgIpc) is 1.66. The van der Waals surface area contributed by atoms with Crippen LogP contribution in [0.3, 0.4) is 0 Å². The SMILES string of the molecule is NC=CCO[P+](=O)O. The van der Waals surface area contributed by atoms with Gasteiger partial charge in [-0.2, -0.15) is 0 Å². The molecule has 1 atom stereocenters. The molecule has 0 bridgehead atoms. The van der Waals surface area contributed by atoms with Crippen LogP contribution < -0.4 is 5.73 Å². The molecule has 0 heterocycles. The van der Waals surface area contributed by atoms with Gasteiger partial charge in [0.05, 0.1) is 0 Å². The minimum Gasteiger partial charge on any atom is -0.405 e. The molecular formula is C3H7NO3P+. The van der Waals surface area contributed by atoms with Crippen LogP contribution in [0.4, 0.5) is 0 Å². The third kappa shape index (κ3) is 5.56. The molecule has 5 heteroatoms. The summed E-state index contributed by atoms with van der Waals surface area (Å²) in [7, 11) is -2.47. The van der Waals surface area contributed by atoms with Crippen molar-refractivity contribution in [3.63, 3.8) is 0 Å². The first-order chi connectivity index (χ1) is 3.77. The van der Waals surface area contributed by atoms with Crippen LogP contribution in [0.1, 0.15) is 0 Å². The smallest absolute Gasteiger partial charge is 0.405 e. The van der Waals surface area contributed by atoms with Crippen molar-refractivity contribution in [2.24, 2.45) is 5.73 Å². The van der Waals surface area contributed by atoms with Crippen LogP contribution in [-0.4, -0.2) is 11.5 Å². The van der Waals surface area contributed by atoms with E-state index in [1.54, 1.807) is 0 Å². The minimum atomic E-state index is -2.47. The number of hydrogen-bond acceptors (Lipinski definition) is 3. The standard InChI is InChI=1S/C3H6NO3P/c4-2-1-3-7-8(5)6/h1-2H,3-4H2/p+1. The molecule has 46 valence electrons. The average molecular weight is 136 g/mol. The summed E-state index contributed by atoms with van der Waals surface area (Å²) in [5, 5.41) is 0. The maximum atomic E-state index is 9.73. The van der Waals surface area contributed by atoms with E-state index in [0.717, 1.165) is 0 Å². The van der Waals surface area contributed by atoms with Crippen LogP contribution in [0.25, 0.3) is 0 Å². The van der Waals surface area contributed by atoms with E-state index in [-0.39, 0.29) is 6.61 Å². The number of hydrogen-bond donors (Lipinski definition) is 2. The molecule has 0 aliphatic carbocycles. The van der Waals surface area contributed by atoms with Gasteiger partial charge in [-0.15, -0.1) is 9.42 Å². The van der Waals surface area contributed by atoms with Crippen LogP contribution in [0, 0.1) is 0 Å². The molecule has 3 N–H and O–H groups in total. The Morgan fingerprint density at radius 3 is 2.88 bits per heavy atom. The second-order valence-electron chi connectivity index (χ2n) is 0.962. The van der Waals surface area contributed by atoms with Crippen LogP contribution in [-0.2, 0) is 9.09 Å². The third-order valence-corrected chi connectivity index (χ3v) is 0.787. The summed E-state index contributed by atoms with van der Waals surface area (Å²) in [5.74, 6) is 0. The molecule has 0 rings (SSSR count). The molecule has 0 aromatic rings. The van der Waals surface area contributed by atoms with Crippen molar-refractivity contribution in [2.45, 2.75) is 0 Å². The van der Waals surface area contributed by atoms with Crippen molar-refractivity contribution < 1.29 is 14.0 Å². The Labute approximate surface area is 47.9 Å². The van der Waals surface area contributed by atoms with E-state index in [1.807, 2.05) is 0 Å². The molecule has 0 aliphatic heterocycles. The van der Waals surface area contributed by atoms with Gasteiger partial charge < -0.3 is 5.73 Å².